The third-order valence-electron chi connectivity index (χ3n) is 4.84. The highest BCUT2D eigenvalue weighted by Gasteiger charge is 2.36. The molecule has 0 unspecified atom stereocenters. The van der Waals surface area contributed by atoms with Gasteiger partial charge in [0, 0.05) is 11.3 Å². The van der Waals surface area contributed by atoms with Crippen molar-refractivity contribution in [2.45, 2.75) is 12.4 Å². The molecular formula is C22H14F6N4O2. The van der Waals surface area contributed by atoms with Crippen LogP contribution in [0.25, 0.3) is 16.9 Å². The number of ether oxygens (including phenoxy) is 1. The van der Waals surface area contributed by atoms with Crippen molar-refractivity contribution in [3.05, 3.63) is 77.6 Å². The Hall–Kier alpha value is -4.09. The van der Waals surface area contributed by atoms with Gasteiger partial charge in [-0.05, 0) is 48.5 Å². The second kappa shape index (κ2) is 8.36. The predicted octanol–water partition coefficient (Wildman–Crippen LogP) is 5.69. The zero-order valence-electron chi connectivity index (χ0n) is 17.2. The largest absolute Gasteiger partial charge is 0.497 e. The number of hydrogen-bond donors (Lipinski definition) is 1. The lowest BCUT2D eigenvalue weighted by atomic mass is 10.1. The van der Waals surface area contributed by atoms with Crippen LogP contribution in [0.2, 0.25) is 0 Å². The molecule has 1 amide bonds. The Labute approximate surface area is 187 Å². The Balaban J connectivity index is 1.78. The summed E-state index contributed by atoms with van der Waals surface area (Å²) in [4.78, 5) is 16.9. The fourth-order valence-corrected chi connectivity index (χ4v) is 3.21. The summed E-state index contributed by atoms with van der Waals surface area (Å²) in [5, 5.41) is 5.89. The van der Waals surface area contributed by atoms with Gasteiger partial charge in [0.25, 0.3) is 5.91 Å². The number of methoxy groups -OCH3 is 1. The van der Waals surface area contributed by atoms with Crippen molar-refractivity contribution in [1.29, 1.82) is 0 Å². The van der Waals surface area contributed by atoms with Crippen LogP contribution in [0.5, 0.6) is 5.75 Å². The number of anilines is 1. The number of benzene rings is 2. The molecule has 0 spiro atoms. The number of carbonyl (C=O) groups is 1. The topological polar surface area (TPSA) is 68.5 Å². The first-order chi connectivity index (χ1) is 16.0. The molecule has 176 valence electrons. The summed E-state index contributed by atoms with van der Waals surface area (Å²) in [7, 11) is 1.43. The minimum absolute atomic E-state index is 0.0869. The first-order valence-electron chi connectivity index (χ1n) is 9.56. The Morgan fingerprint density at radius 3 is 2.29 bits per heavy atom. The summed E-state index contributed by atoms with van der Waals surface area (Å²) in [6.45, 7) is 0. The molecule has 0 atom stereocenters. The number of aromatic nitrogens is 3. The first kappa shape index (κ1) is 23.1. The van der Waals surface area contributed by atoms with Gasteiger partial charge >= 0.3 is 12.4 Å². The number of fused-ring (bicyclic) bond motifs is 1. The summed E-state index contributed by atoms with van der Waals surface area (Å²) < 4.78 is 85.5. The van der Waals surface area contributed by atoms with Crippen molar-refractivity contribution in [3.63, 3.8) is 0 Å². The molecule has 2 aromatic heterocycles. The summed E-state index contributed by atoms with van der Waals surface area (Å²) >= 11 is 0. The molecule has 0 saturated heterocycles. The summed E-state index contributed by atoms with van der Waals surface area (Å²) in [5.74, 6) is -0.492. The van der Waals surface area contributed by atoms with Crippen molar-refractivity contribution in [2.75, 3.05) is 12.4 Å². The van der Waals surface area contributed by atoms with Crippen molar-refractivity contribution >= 4 is 17.2 Å². The molecule has 0 fully saturated rings. The average molecular weight is 480 g/mol. The highest BCUT2D eigenvalue weighted by molar-refractivity contribution is 6.08. The molecule has 2 heterocycles. The molecule has 1 N–H and O–H groups in total. The molecular weight excluding hydrogens is 466 g/mol. The summed E-state index contributed by atoms with van der Waals surface area (Å²) in [6, 6.07) is 10.7. The van der Waals surface area contributed by atoms with Crippen LogP contribution < -0.4 is 10.1 Å². The number of rotatable bonds is 4. The van der Waals surface area contributed by atoms with Crippen LogP contribution in [0.3, 0.4) is 0 Å². The fraction of sp³-hybridized carbons (Fsp3) is 0.136. The molecule has 34 heavy (non-hydrogen) atoms. The van der Waals surface area contributed by atoms with Crippen LogP contribution in [0, 0.1) is 0 Å². The van der Waals surface area contributed by atoms with E-state index in [2.05, 4.69) is 15.4 Å². The lowest BCUT2D eigenvalue weighted by Crippen LogP contribution is -2.16. The molecule has 0 aliphatic heterocycles. The van der Waals surface area contributed by atoms with E-state index in [4.69, 9.17) is 4.74 Å². The number of amides is 1. The second-order valence-electron chi connectivity index (χ2n) is 7.08. The number of carbonyl (C=O) groups excluding carboxylic acids is 1. The minimum atomic E-state index is -4.83. The third-order valence-corrected chi connectivity index (χ3v) is 4.84. The van der Waals surface area contributed by atoms with Gasteiger partial charge in [-0.3, -0.25) is 4.79 Å². The summed E-state index contributed by atoms with van der Waals surface area (Å²) in [6.07, 6.45) is -8.59. The quantitative estimate of drug-likeness (QED) is 0.381. The van der Waals surface area contributed by atoms with E-state index in [1.165, 1.54) is 37.4 Å². The first-order valence-corrected chi connectivity index (χ1v) is 9.56. The van der Waals surface area contributed by atoms with E-state index in [1.54, 1.807) is 0 Å². The Morgan fingerprint density at radius 1 is 0.971 bits per heavy atom. The maximum atomic E-state index is 13.7. The van der Waals surface area contributed by atoms with Crippen LogP contribution in [-0.2, 0) is 12.4 Å². The van der Waals surface area contributed by atoms with Crippen molar-refractivity contribution < 1.29 is 35.9 Å². The van der Waals surface area contributed by atoms with E-state index in [0.717, 1.165) is 24.4 Å². The molecule has 0 radical (unpaired) electrons. The zero-order valence-corrected chi connectivity index (χ0v) is 17.2. The molecule has 2 aromatic carbocycles. The van der Waals surface area contributed by atoms with E-state index >= 15 is 0 Å². The van der Waals surface area contributed by atoms with Gasteiger partial charge in [-0.15, -0.1) is 0 Å². The predicted molar refractivity (Wildman–Crippen MR) is 109 cm³/mol. The van der Waals surface area contributed by atoms with Gasteiger partial charge in [0.15, 0.2) is 11.3 Å². The maximum absolute atomic E-state index is 13.7. The van der Waals surface area contributed by atoms with Crippen molar-refractivity contribution in [3.8, 4) is 17.0 Å². The number of nitrogens with one attached hydrogen (secondary N) is 1. The van der Waals surface area contributed by atoms with Gasteiger partial charge in [0.1, 0.15) is 11.3 Å². The Kier molecular flexibility index (Phi) is 5.67. The Morgan fingerprint density at radius 2 is 1.68 bits per heavy atom. The molecule has 0 aliphatic rings. The van der Waals surface area contributed by atoms with Crippen LogP contribution in [0.4, 0.5) is 32.0 Å². The smallest absolute Gasteiger partial charge is 0.433 e. The van der Waals surface area contributed by atoms with Gasteiger partial charge in [0.05, 0.1) is 24.6 Å². The minimum Gasteiger partial charge on any atom is -0.497 e. The molecule has 0 bridgehead atoms. The number of halogens is 6. The summed E-state index contributed by atoms with van der Waals surface area (Å²) in [5.41, 5.74) is -2.90. The normalized spacial score (nSPS) is 12.1. The number of alkyl halides is 6. The van der Waals surface area contributed by atoms with Crippen LogP contribution in [-0.4, -0.2) is 27.6 Å². The lowest BCUT2D eigenvalue weighted by Gasteiger charge is -2.12. The van der Waals surface area contributed by atoms with Gasteiger partial charge in [-0.1, -0.05) is 6.07 Å². The molecule has 0 saturated carbocycles. The number of nitrogens with zero attached hydrogens (tertiary/aromatic N) is 3. The van der Waals surface area contributed by atoms with Crippen molar-refractivity contribution in [2.24, 2.45) is 0 Å². The highest BCUT2D eigenvalue weighted by Crippen LogP contribution is 2.34. The second-order valence-corrected chi connectivity index (χ2v) is 7.08. The monoisotopic (exact) mass is 480 g/mol. The van der Waals surface area contributed by atoms with Gasteiger partial charge in [-0.25, -0.2) is 9.50 Å². The molecule has 4 aromatic rings. The van der Waals surface area contributed by atoms with Crippen LogP contribution in [0.1, 0.15) is 21.6 Å². The van der Waals surface area contributed by atoms with Gasteiger partial charge in [-0.2, -0.15) is 31.4 Å². The zero-order chi connectivity index (χ0) is 24.7. The number of hydrogen-bond acceptors (Lipinski definition) is 4. The Bertz CT molecular complexity index is 1360. The van der Waals surface area contributed by atoms with Crippen LogP contribution >= 0.6 is 0 Å². The van der Waals surface area contributed by atoms with Crippen LogP contribution in [0.15, 0.2) is 60.8 Å². The lowest BCUT2D eigenvalue weighted by molar-refractivity contribution is -0.142. The standard InChI is InChI=1S/C22H14F6N4O2/c1-34-15-7-5-12(6-8-15)17-10-18(22(26,27)28)32-19(31-17)16(11-29-32)20(33)30-14-4-2-3-13(9-14)21(23,24)25/h2-11H,1H3,(H,30,33). The van der Waals surface area contributed by atoms with E-state index in [-0.39, 0.29) is 16.9 Å². The molecule has 6 nitrogen and oxygen atoms in total. The third kappa shape index (κ3) is 4.51. The fourth-order valence-electron chi connectivity index (χ4n) is 3.21. The van der Waals surface area contributed by atoms with E-state index in [0.29, 0.717) is 21.9 Å². The molecule has 0 aliphatic carbocycles. The molecule has 4 rings (SSSR count). The van der Waals surface area contributed by atoms with E-state index in [1.807, 2.05) is 0 Å². The SMILES string of the molecule is COc1ccc(-c2cc(C(F)(F)F)n3ncc(C(=O)Nc4cccc(C(F)(F)F)c4)c3n2)cc1. The maximum Gasteiger partial charge on any atom is 0.433 e. The molecule has 12 heteroatoms. The van der Waals surface area contributed by atoms with Gasteiger partial charge < -0.3 is 10.1 Å². The van der Waals surface area contributed by atoms with E-state index < -0.39 is 35.2 Å². The van der Waals surface area contributed by atoms with E-state index in [9.17, 15) is 31.1 Å². The van der Waals surface area contributed by atoms with Gasteiger partial charge in [0.2, 0.25) is 0 Å². The average Bonchev–Trinajstić information content (AvgIpc) is 3.21. The van der Waals surface area contributed by atoms with Crippen molar-refractivity contribution in [1.82, 2.24) is 14.6 Å². The highest BCUT2D eigenvalue weighted by atomic mass is 19.4.